The van der Waals surface area contributed by atoms with E-state index in [9.17, 15) is 8.42 Å². The van der Waals surface area contributed by atoms with Gasteiger partial charge in [-0.3, -0.25) is 0 Å². The van der Waals surface area contributed by atoms with Crippen molar-refractivity contribution in [1.82, 2.24) is 4.31 Å². The van der Waals surface area contributed by atoms with Crippen LogP contribution in [0, 0.1) is 6.92 Å². The Balaban J connectivity index is 2.31. The van der Waals surface area contributed by atoms with Crippen LogP contribution in [0.3, 0.4) is 0 Å². The van der Waals surface area contributed by atoms with Gasteiger partial charge in [-0.25, -0.2) is 8.42 Å². The van der Waals surface area contributed by atoms with E-state index in [1.807, 2.05) is 6.07 Å². The first kappa shape index (κ1) is 16.9. The molecule has 1 fully saturated rings. The van der Waals surface area contributed by atoms with Gasteiger partial charge in [-0.2, -0.15) is 4.31 Å². The Bertz CT molecular complexity index is 613. The molecule has 1 aromatic carbocycles. The molecule has 7 heteroatoms. The van der Waals surface area contributed by atoms with E-state index in [1.165, 1.54) is 4.31 Å². The lowest BCUT2D eigenvalue weighted by Crippen LogP contribution is -2.34. The lowest BCUT2D eigenvalue weighted by molar-refractivity contribution is 0.0979. The Hall–Kier alpha value is -0.470. The van der Waals surface area contributed by atoms with Crippen molar-refractivity contribution < 1.29 is 13.2 Å². The molecular formula is C14H21BrN2O3S. The number of hydrogen-bond acceptors (Lipinski definition) is 4. The average molecular weight is 377 g/mol. The SMILES string of the molecule is Cc1c(Br)cc(CN)cc1S(=O)(=O)N(C)CC1CCCO1. The van der Waals surface area contributed by atoms with Crippen molar-refractivity contribution in [1.29, 1.82) is 0 Å². The molecule has 21 heavy (non-hydrogen) atoms. The fourth-order valence-corrected chi connectivity index (χ4v) is 4.57. The summed E-state index contributed by atoms with van der Waals surface area (Å²) >= 11 is 3.40. The van der Waals surface area contributed by atoms with E-state index in [4.69, 9.17) is 10.5 Å². The molecule has 1 aliphatic rings. The Morgan fingerprint density at radius 1 is 1.48 bits per heavy atom. The fourth-order valence-electron chi connectivity index (χ4n) is 2.43. The molecule has 2 rings (SSSR count). The first-order chi connectivity index (χ1) is 9.86. The zero-order chi connectivity index (χ0) is 15.6. The maximum absolute atomic E-state index is 12.8. The zero-order valence-electron chi connectivity index (χ0n) is 12.3. The van der Waals surface area contributed by atoms with Gasteiger partial charge in [0.25, 0.3) is 0 Å². The summed E-state index contributed by atoms with van der Waals surface area (Å²) < 4.78 is 33.2. The summed E-state index contributed by atoms with van der Waals surface area (Å²) in [6.07, 6.45) is 1.89. The van der Waals surface area contributed by atoms with Gasteiger partial charge in [0.15, 0.2) is 0 Å². The van der Waals surface area contributed by atoms with Crippen LogP contribution in [0.25, 0.3) is 0 Å². The predicted octanol–water partition coefficient (Wildman–Crippen LogP) is 2.02. The fraction of sp³-hybridized carbons (Fsp3) is 0.571. The largest absolute Gasteiger partial charge is 0.377 e. The van der Waals surface area contributed by atoms with E-state index in [1.54, 1.807) is 20.0 Å². The lowest BCUT2D eigenvalue weighted by Gasteiger charge is -2.22. The van der Waals surface area contributed by atoms with E-state index in [0.29, 0.717) is 30.2 Å². The highest BCUT2D eigenvalue weighted by Crippen LogP contribution is 2.28. The van der Waals surface area contributed by atoms with Crippen LogP contribution in [-0.4, -0.2) is 39.0 Å². The number of rotatable bonds is 5. The number of benzene rings is 1. The third-order valence-corrected chi connectivity index (χ3v) is 6.54. The van der Waals surface area contributed by atoms with Crippen molar-refractivity contribution in [2.24, 2.45) is 5.73 Å². The first-order valence-electron chi connectivity index (χ1n) is 6.93. The predicted molar refractivity (Wildman–Crippen MR) is 85.6 cm³/mol. The van der Waals surface area contributed by atoms with Gasteiger partial charge in [0.05, 0.1) is 11.0 Å². The minimum absolute atomic E-state index is 0.00814. The van der Waals surface area contributed by atoms with Crippen molar-refractivity contribution >= 4 is 26.0 Å². The van der Waals surface area contributed by atoms with Crippen LogP contribution >= 0.6 is 15.9 Å². The standard InChI is InChI=1S/C14H21BrN2O3S/c1-10-13(15)6-11(8-16)7-14(10)21(18,19)17(2)9-12-4-3-5-20-12/h6-7,12H,3-5,8-9,16H2,1-2H3. The third-order valence-electron chi connectivity index (χ3n) is 3.77. The molecule has 1 heterocycles. The minimum atomic E-state index is -3.54. The van der Waals surface area contributed by atoms with Crippen LogP contribution < -0.4 is 5.73 Å². The number of ether oxygens (including phenoxy) is 1. The van der Waals surface area contributed by atoms with Crippen molar-refractivity contribution in [2.45, 2.75) is 37.3 Å². The molecule has 5 nitrogen and oxygen atoms in total. The number of nitrogens with zero attached hydrogens (tertiary/aromatic N) is 1. The number of likely N-dealkylation sites (N-methyl/N-ethyl adjacent to an activating group) is 1. The highest BCUT2D eigenvalue weighted by Gasteiger charge is 2.28. The Labute approximate surface area is 134 Å². The van der Waals surface area contributed by atoms with Crippen LogP contribution in [0.1, 0.15) is 24.0 Å². The lowest BCUT2D eigenvalue weighted by atomic mass is 10.1. The second-order valence-corrected chi connectivity index (χ2v) is 8.19. The molecule has 1 atom stereocenters. The van der Waals surface area contributed by atoms with Crippen molar-refractivity contribution in [2.75, 3.05) is 20.2 Å². The summed E-state index contributed by atoms with van der Waals surface area (Å²) in [5, 5.41) is 0. The number of sulfonamides is 1. The van der Waals surface area contributed by atoms with Crippen LogP contribution in [0.2, 0.25) is 0 Å². The monoisotopic (exact) mass is 376 g/mol. The topological polar surface area (TPSA) is 72.6 Å². The van der Waals surface area contributed by atoms with Crippen molar-refractivity contribution in [3.63, 3.8) is 0 Å². The van der Waals surface area contributed by atoms with Crippen LogP contribution in [0.15, 0.2) is 21.5 Å². The molecule has 1 aromatic rings. The van der Waals surface area contributed by atoms with Crippen LogP contribution in [-0.2, 0) is 21.3 Å². The second kappa shape index (κ2) is 6.75. The number of nitrogens with two attached hydrogens (primary N) is 1. The van der Waals surface area contributed by atoms with Gasteiger partial charge in [-0.1, -0.05) is 15.9 Å². The average Bonchev–Trinajstić information content (AvgIpc) is 2.94. The Morgan fingerprint density at radius 3 is 2.76 bits per heavy atom. The maximum Gasteiger partial charge on any atom is 0.243 e. The van der Waals surface area contributed by atoms with Crippen LogP contribution in [0.4, 0.5) is 0 Å². The summed E-state index contributed by atoms with van der Waals surface area (Å²) in [5.74, 6) is 0. The molecule has 1 aliphatic heterocycles. The summed E-state index contributed by atoms with van der Waals surface area (Å²) in [6.45, 7) is 3.19. The molecule has 0 amide bonds. The highest BCUT2D eigenvalue weighted by molar-refractivity contribution is 9.10. The number of hydrogen-bond donors (Lipinski definition) is 1. The normalized spacial score (nSPS) is 19.4. The highest BCUT2D eigenvalue weighted by atomic mass is 79.9. The Kier molecular flexibility index (Phi) is 5.43. The van der Waals surface area contributed by atoms with E-state index in [0.717, 1.165) is 22.9 Å². The molecule has 0 bridgehead atoms. The van der Waals surface area contributed by atoms with Gasteiger partial charge in [0.1, 0.15) is 0 Å². The molecule has 0 saturated carbocycles. The minimum Gasteiger partial charge on any atom is -0.377 e. The quantitative estimate of drug-likeness (QED) is 0.852. The van der Waals surface area contributed by atoms with Gasteiger partial charge in [-0.15, -0.1) is 0 Å². The van der Waals surface area contributed by atoms with Gasteiger partial charge in [-0.05, 0) is 43.0 Å². The number of halogens is 1. The van der Waals surface area contributed by atoms with Gasteiger partial charge in [0.2, 0.25) is 10.0 Å². The third kappa shape index (κ3) is 3.65. The molecule has 118 valence electrons. The van der Waals surface area contributed by atoms with E-state index >= 15 is 0 Å². The van der Waals surface area contributed by atoms with E-state index < -0.39 is 10.0 Å². The van der Waals surface area contributed by atoms with Crippen LogP contribution in [0.5, 0.6) is 0 Å². The second-order valence-electron chi connectivity index (χ2n) is 5.33. The van der Waals surface area contributed by atoms with Gasteiger partial charge < -0.3 is 10.5 Å². The zero-order valence-corrected chi connectivity index (χ0v) is 14.7. The van der Waals surface area contributed by atoms with Crippen molar-refractivity contribution in [3.05, 3.63) is 27.7 Å². The molecule has 0 aromatic heterocycles. The smallest absolute Gasteiger partial charge is 0.243 e. The summed E-state index contributed by atoms with van der Waals surface area (Å²) in [4.78, 5) is 0.304. The molecule has 1 saturated heterocycles. The Morgan fingerprint density at radius 2 is 2.19 bits per heavy atom. The summed E-state index contributed by atoms with van der Waals surface area (Å²) in [6, 6.07) is 3.51. The van der Waals surface area contributed by atoms with E-state index in [2.05, 4.69) is 15.9 Å². The molecule has 0 spiro atoms. The van der Waals surface area contributed by atoms with Gasteiger partial charge >= 0.3 is 0 Å². The molecule has 2 N–H and O–H groups in total. The first-order valence-corrected chi connectivity index (χ1v) is 9.16. The molecule has 0 radical (unpaired) electrons. The van der Waals surface area contributed by atoms with Gasteiger partial charge in [0, 0.05) is 31.2 Å². The summed E-state index contributed by atoms with van der Waals surface area (Å²) in [7, 11) is -1.95. The maximum atomic E-state index is 12.8. The summed E-state index contributed by atoms with van der Waals surface area (Å²) in [5.41, 5.74) is 7.13. The van der Waals surface area contributed by atoms with E-state index in [-0.39, 0.29) is 6.10 Å². The van der Waals surface area contributed by atoms with Crippen molar-refractivity contribution in [3.8, 4) is 0 Å². The molecule has 1 unspecified atom stereocenters. The molecular weight excluding hydrogens is 356 g/mol. The molecule has 0 aliphatic carbocycles.